The number of rotatable bonds is 7. The van der Waals surface area contributed by atoms with E-state index in [0.717, 1.165) is 42.4 Å². The van der Waals surface area contributed by atoms with Gasteiger partial charge in [-0.2, -0.15) is 4.80 Å². The van der Waals surface area contributed by atoms with Crippen molar-refractivity contribution in [2.45, 2.75) is 65.1 Å². The van der Waals surface area contributed by atoms with Gasteiger partial charge in [0.25, 0.3) is 5.91 Å². The van der Waals surface area contributed by atoms with Crippen molar-refractivity contribution >= 4 is 17.5 Å². The van der Waals surface area contributed by atoms with E-state index in [1.807, 2.05) is 62.4 Å². The molecular weight excluding hydrogens is 416 g/mol. The maximum absolute atomic E-state index is 13.4. The summed E-state index contributed by atoms with van der Waals surface area (Å²) in [5, 5.41) is 15.6. The Hall–Kier alpha value is -3.55. The fourth-order valence-corrected chi connectivity index (χ4v) is 4.12. The second-order valence-corrected chi connectivity index (χ2v) is 8.77. The molecule has 1 aromatic heterocycles. The Bertz CT molecular complexity index is 1100. The van der Waals surface area contributed by atoms with Crippen molar-refractivity contribution in [3.63, 3.8) is 0 Å². The first-order valence-corrected chi connectivity index (χ1v) is 11.4. The van der Waals surface area contributed by atoms with Gasteiger partial charge in [0.15, 0.2) is 0 Å². The van der Waals surface area contributed by atoms with Crippen LogP contribution in [0.5, 0.6) is 0 Å². The lowest BCUT2D eigenvalue weighted by molar-refractivity contribution is -0.127. The van der Waals surface area contributed by atoms with Crippen LogP contribution in [0, 0.1) is 13.8 Å². The molecule has 8 nitrogen and oxygen atoms in total. The fourth-order valence-electron chi connectivity index (χ4n) is 4.12. The summed E-state index contributed by atoms with van der Waals surface area (Å²) in [5.41, 5.74) is 3.72. The summed E-state index contributed by atoms with van der Waals surface area (Å²) in [6.45, 7) is 5.64. The quantitative estimate of drug-likeness (QED) is 0.600. The van der Waals surface area contributed by atoms with Crippen molar-refractivity contribution in [2.75, 3.05) is 4.90 Å². The van der Waals surface area contributed by atoms with E-state index in [-0.39, 0.29) is 24.4 Å². The first-order valence-electron chi connectivity index (χ1n) is 11.4. The predicted octanol–water partition coefficient (Wildman–Crippen LogP) is 3.44. The second kappa shape index (κ2) is 9.94. The molecule has 2 amide bonds. The summed E-state index contributed by atoms with van der Waals surface area (Å²) < 4.78 is 0. The van der Waals surface area contributed by atoms with Gasteiger partial charge in [0.1, 0.15) is 12.6 Å². The molecule has 0 saturated heterocycles. The lowest BCUT2D eigenvalue weighted by atomic mass is 10.1. The molecule has 1 fully saturated rings. The minimum absolute atomic E-state index is 0.117. The normalized spacial score (nSPS) is 14.8. The fraction of sp³-hybridized carbons (Fsp3) is 0.400. The summed E-state index contributed by atoms with van der Waals surface area (Å²) in [4.78, 5) is 29.2. The molecule has 8 heteroatoms. The molecule has 1 unspecified atom stereocenters. The maximum atomic E-state index is 13.4. The third kappa shape index (κ3) is 5.45. The molecule has 1 aliphatic carbocycles. The Kier molecular flexibility index (Phi) is 6.82. The van der Waals surface area contributed by atoms with Gasteiger partial charge in [0, 0.05) is 17.3 Å². The molecule has 3 aromatic rings. The minimum Gasteiger partial charge on any atom is -0.352 e. The molecule has 1 saturated carbocycles. The van der Waals surface area contributed by atoms with Crippen molar-refractivity contribution in [1.82, 2.24) is 25.5 Å². The Morgan fingerprint density at radius 3 is 2.27 bits per heavy atom. The zero-order valence-electron chi connectivity index (χ0n) is 19.4. The third-order valence-corrected chi connectivity index (χ3v) is 6.09. The van der Waals surface area contributed by atoms with E-state index in [2.05, 4.69) is 20.7 Å². The van der Waals surface area contributed by atoms with Crippen LogP contribution >= 0.6 is 0 Å². The van der Waals surface area contributed by atoms with Crippen LogP contribution in [0.3, 0.4) is 0 Å². The molecule has 0 aliphatic heterocycles. The van der Waals surface area contributed by atoms with E-state index in [9.17, 15) is 9.59 Å². The SMILES string of the molecule is Cc1ccc(-c2nnn(CC(=O)N(c3ccc(C)cc3)C(C)C(=O)NC3CCCC3)n2)cc1. The highest BCUT2D eigenvalue weighted by molar-refractivity contribution is 6.00. The van der Waals surface area contributed by atoms with Gasteiger partial charge in [-0.25, -0.2) is 0 Å². The van der Waals surface area contributed by atoms with E-state index in [0.29, 0.717) is 11.5 Å². The molecule has 2 aromatic carbocycles. The van der Waals surface area contributed by atoms with Gasteiger partial charge in [-0.15, -0.1) is 10.2 Å². The number of hydrogen-bond acceptors (Lipinski definition) is 5. The van der Waals surface area contributed by atoms with Crippen LogP contribution in [-0.4, -0.2) is 44.1 Å². The van der Waals surface area contributed by atoms with Crippen LogP contribution in [-0.2, 0) is 16.1 Å². The number of anilines is 1. The second-order valence-electron chi connectivity index (χ2n) is 8.77. The molecule has 0 radical (unpaired) electrons. The van der Waals surface area contributed by atoms with Crippen LogP contribution in [0.2, 0.25) is 0 Å². The molecule has 1 atom stereocenters. The van der Waals surface area contributed by atoms with Crippen LogP contribution < -0.4 is 10.2 Å². The standard InChI is InChI=1S/C25H30N6O2/c1-17-8-12-20(13-9-17)24-27-29-30(28-24)16-23(32)31(22-14-10-18(2)11-15-22)19(3)25(33)26-21-6-4-5-7-21/h8-15,19,21H,4-7,16H2,1-3H3,(H,26,33). The lowest BCUT2D eigenvalue weighted by Crippen LogP contribution is -2.51. The highest BCUT2D eigenvalue weighted by atomic mass is 16.2. The highest BCUT2D eigenvalue weighted by Crippen LogP contribution is 2.21. The van der Waals surface area contributed by atoms with Gasteiger partial charge in [0.2, 0.25) is 11.7 Å². The Morgan fingerprint density at radius 2 is 1.64 bits per heavy atom. The van der Waals surface area contributed by atoms with E-state index >= 15 is 0 Å². The van der Waals surface area contributed by atoms with Crippen LogP contribution in [0.25, 0.3) is 11.4 Å². The average Bonchev–Trinajstić information content (AvgIpc) is 3.48. The number of nitrogens with zero attached hydrogens (tertiary/aromatic N) is 5. The number of amides is 2. The van der Waals surface area contributed by atoms with Crippen LogP contribution in [0.15, 0.2) is 48.5 Å². The topological polar surface area (TPSA) is 93.0 Å². The minimum atomic E-state index is -0.666. The number of tetrazole rings is 1. The Morgan fingerprint density at radius 1 is 1.03 bits per heavy atom. The Labute approximate surface area is 194 Å². The van der Waals surface area contributed by atoms with E-state index < -0.39 is 6.04 Å². The van der Waals surface area contributed by atoms with Crippen molar-refractivity contribution < 1.29 is 9.59 Å². The van der Waals surface area contributed by atoms with Gasteiger partial charge in [-0.1, -0.05) is 60.4 Å². The number of aromatic nitrogens is 4. The Balaban J connectivity index is 1.53. The van der Waals surface area contributed by atoms with E-state index in [4.69, 9.17) is 0 Å². The molecule has 0 bridgehead atoms. The number of nitrogens with one attached hydrogen (secondary N) is 1. The zero-order valence-corrected chi connectivity index (χ0v) is 19.4. The first kappa shape index (κ1) is 22.6. The van der Waals surface area contributed by atoms with Gasteiger partial charge in [-0.3, -0.25) is 14.5 Å². The maximum Gasteiger partial charge on any atom is 0.251 e. The number of hydrogen-bond donors (Lipinski definition) is 1. The highest BCUT2D eigenvalue weighted by Gasteiger charge is 2.30. The average molecular weight is 447 g/mol. The summed E-state index contributed by atoms with van der Waals surface area (Å²) in [6.07, 6.45) is 4.23. The molecule has 1 aliphatic rings. The number of benzene rings is 2. The lowest BCUT2D eigenvalue weighted by Gasteiger charge is -2.29. The van der Waals surface area contributed by atoms with Crippen molar-refractivity contribution in [2.24, 2.45) is 0 Å². The smallest absolute Gasteiger partial charge is 0.251 e. The predicted molar refractivity (Wildman–Crippen MR) is 127 cm³/mol. The molecular formula is C25H30N6O2. The summed E-state index contributed by atoms with van der Waals surface area (Å²) in [7, 11) is 0. The first-order chi connectivity index (χ1) is 15.9. The number of carbonyl (C=O) groups is 2. The van der Waals surface area contributed by atoms with Gasteiger partial charge in [0.05, 0.1) is 0 Å². The van der Waals surface area contributed by atoms with Crippen LogP contribution in [0.4, 0.5) is 5.69 Å². The largest absolute Gasteiger partial charge is 0.352 e. The molecule has 33 heavy (non-hydrogen) atoms. The van der Waals surface area contributed by atoms with Gasteiger partial charge < -0.3 is 5.32 Å². The number of carbonyl (C=O) groups excluding carboxylic acids is 2. The van der Waals surface area contributed by atoms with Crippen molar-refractivity contribution in [1.29, 1.82) is 0 Å². The summed E-state index contributed by atoms with van der Waals surface area (Å²) in [6, 6.07) is 14.9. The van der Waals surface area contributed by atoms with Crippen molar-refractivity contribution in [3.8, 4) is 11.4 Å². The number of aryl methyl sites for hydroxylation is 2. The zero-order chi connectivity index (χ0) is 23.4. The molecule has 1 heterocycles. The summed E-state index contributed by atoms with van der Waals surface area (Å²) in [5.74, 6) is 0.0280. The van der Waals surface area contributed by atoms with Crippen molar-refractivity contribution in [3.05, 3.63) is 59.7 Å². The molecule has 172 valence electrons. The monoisotopic (exact) mass is 446 g/mol. The van der Waals surface area contributed by atoms with Gasteiger partial charge in [-0.05, 0) is 51.0 Å². The van der Waals surface area contributed by atoms with E-state index in [1.165, 1.54) is 9.70 Å². The third-order valence-electron chi connectivity index (χ3n) is 6.09. The molecule has 1 N–H and O–H groups in total. The van der Waals surface area contributed by atoms with Gasteiger partial charge >= 0.3 is 0 Å². The summed E-state index contributed by atoms with van der Waals surface area (Å²) >= 11 is 0. The molecule has 4 rings (SSSR count). The van der Waals surface area contributed by atoms with E-state index in [1.54, 1.807) is 6.92 Å². The van der Waals surface area contributed by atoms with Crippen LogP contribution in [0.1, 0.15) is 43.7 Å². The molecule has 0 spiro atoms.